The zero-order valence-corrected chi connectivity index (χ0v) is 22.2. The molecule has 0 N–H and O–H groups in total. The zero-order valence-electron chi connectivity index (χ0n) is 22.2. The number of hydrogen-bond donors (Lipinski definition) is 0. The lowest BCUT2D eigenvalue weighted by Gasteiger charge is -2.30. The lowest BCUT2D eigenvalue weighted by Crippen LogP contribution is -2.17. The van der Waals surface area contributed by atoms with Crippen LogP contribution >= 0.6 is 0 Å². The van der Waals surface area contributed by atoms with Gasteiger partial charge in [-0.3, -0.25) is 0 Å². The fraction of sp³-hybridized carbons (Fsp3) is 0.419. The van der Waals surface area contributed by atoms with Crippen LogP contribution in [0.3, 0.4) is 0 Å². The van der Waals surface area contributed by atoms with E-state index < -0.39 is 58.1 Å². The van der Waals surface area contributed by atoms with Gasteiger partial charge in [0.2, 0.25) is 0 Å². The molecule has 0 radical (unpaired) electrons. The largest absolute Gasteiger partial charge is 0.453 e. The third-order valence-corrected chi connectivity index (χ3v) is 7.74. The van der Waals surface area contributed by atoms with E-state index in [-0.39, 0.29) is 22.4 Å². The predicted octanol–water partition coefficient (Wildman–Crippen LogP) is 11.0. The normalized spacial score (nSPS) is 17.8. The molecule has 40 heavy (non-hydrogen) atoms. The molecule has 0 aromatic heterocycles. The molecular formula is C31H30F8O. The highest BCUT2D eigenvalue weighted by molar-refractivity contribution is 5.71. The molecule has 9 heteroatoms. The summed E-state index contributed by atoms with van der Waals surface area (Å²) in [5.74, 6) is -8.09. The summed E-state index contributed by atoms with van der Waals surface area (Å²) in [6.07, 6.45) is 1.63. The summed E-state index contributed by atoms with van der Waals surface area (Å²) in [6, 6.07) is 6.55. The van der Waals surface area contributed by atoms with E-state index in [2.05, 4.69) is 6.92 Å². The number of halogens is 8. The van der Waals surface area contributed by atoms with Gasteiger partial charge in [-0.1, -0.05) is 50.8 Å². The number of alkyl halides is 3. The average molecular weight is 571 g/mol. The van der Waals surface area contributed by atoms with Crippen molar-refractivity contribution in [2.45, 2.75) is 77.3 Å². The first-order chi connectivity index (χ1) is 18.9. The van der Waals surface area contributed by atoms with Crippen LogP contribution in [0.1, 0.15) is 80.9 Å². The summed E-state index contributed by atoms with van der Waals surface area (Å²) >= 11 is 0. The summed E-state index contributed by atoms with van der Waals surface area (Å²) < 4.78 is 119. The lowest BCUT2D eigenvalue weighted by molar-refractivity contribution is -0.142. The van der Waals surface area contributed by atoms with Crippen molar-refractivity contribution in [1.29, 1.82) is 0 Å². The third kappa shape index (κ3) is 6.13. The van der Waals surface area contributed by atoms with Crippen LogP contribution in [0.15, 0.2) is 36.4 Å². The van der Waals surface area contributed by atoms with E-state index in [0.29, 0.717) is 30.9 Å². The Morgan fingerprint density at radius 1 is 0.825 bits per heavy atom. The second-order valence-corrected chi connectivity index (χ2v) is 10.4. The van der Waals surface area contributed by atoms with Crippen LogP contribution < -0.4 is 4.74 Å². The van der Waals surface area contributed by atoms with E-state index >= 15 is 8.78 Å². The van der Waals surface area contributed by atoms with Gasteiger partial charge in [0.25, 0.3) is 0 Å². The van der Waals surface area contributed by atoms with Crippen molar-refractivity contribution in [3.05, 3.63) is 82.2 Å². The summed E-state index contributed by atoms with van der Waals surface area (Å²) in [6.45, 7) is 3.19. The molecule has 1 aliphatic carbocycles. The minimum absolute atomic E-state index is 0.0543. The van der Waals surface area contributed by atoms with E-state index in [9.17, 15) is 26.3 Å². The van der Waals surface area contributed by atoms with E-state index in [1.807, 2.05) is 0 Å². The first-order valence-corrected chi connectivity index (χ1v) is 13.4. The number of para-hydroxylation sites is 1. The molecule has 0 aliphatic heterocycles. The van der Waals surface area contributed by atoms with Gasteiger partial charge in [0, 0.05) is 16.7 Å². The van der Waals surface area contributed by atoms with E-state index in [1.165, 1.54) is 24.3 Å². The van der Waals surface area contributed by atoms with Crippen molar-refractivity contribution in [3.8, 4) is 22.6 Å². The van der Waals surface area contributed by atoms with Crippen LogP contribution in [0.4, 0.5) is 35.1 Å². The van der Waals surface area contributed by atoms with Gasteiger partial charge in [-0.2, -0.15) is 13.2 Å². The van der Waals surface area contributed by atoms with Crippen molar-refractivity contribution >= 4 is 0 Å². The zero-order chi connectivity index (χ0) is 29.2. The molecule has 0 spiro atoms. The van der Waals surface area contributed by atoms with Crippen molar-refractivity contribution in [2.24, 2.45) is 5.92 Å². The Morgan fingerprint density at radius 2 is 1.45 bits per heavy atom. The topological polar surface area (TPSA) is 9.23 Å². The Morgan fingerprint density at radius 3 is 2.05 bits per heavy atom. The molecule has 3 aromatic carbocycles. The van der Waals surface area contributed by atoms with E-state index in [4.69, 9.17) is 4.74 Å². The molecule has 3 aromatic rings. The predicted molar refractivity (Wildman–Crippen MR) is 137 cm³/mol. The molecule has 0 atom stereocenters. The summed E-state index contributed by atoms with van der Waals surface area (Å²) in [5, 5.41) is 0. The maximum atomic E-state index is 15.5. The van der Waals surface area contributed by atoms with Crippen LogP contribution in [-0.2, 0) is 6.18 Å². The van der Waals surface area contributed by atoms with E-state index in [1.54, 1.807) is 0 Å². The van der Waals surface area contributed by atoms with Gasteiger partial charge in [-0.15, -0.1) is 0 Å². The quantitative estimate of drug-likeness (QED) is 0.149. The number of ether oxygens (including phenoxy) is 1. The molecular weight excluding hydrogens is 540 g/mol. The van der Waals surface area contributed by atoms with Gasteiger partial charge >= 0.3 is 6.18 Å². The number of hydrogen-bond acceptors (Lipinski definition) is 1. The molecule has 0 heterocycles. The maximum Gasteiger partial charge on any atom is 0.422 e. The van der Waals surface area contributed by atoms with Gasteiger partial charge in [-0.25, -0.2) is 22.0 Å². The molecule has 0 saturated heterocycles. The second-order valence-electron chi connectivity index (χ2n) is 10.4. The highest BCUT2D eigenvalue weighted by atomic mass is 19.4. The second kappa shape index (κ2) is 12.2. The van der Waals surface area contributed by atoms with Gasteiger partial charge in [0.05, 0.1) is 0 Å². The summed E-state index contributed by atoms with van der Waals surface area (Å²) in [7, 11) is 0. The van der Waals surface area contributed by atoms with Crippen molar-refractivity contribution in [1.82, 2.24) is 0 Å². The van der Waals surface area contributed by atoms with Crippen LogP contribution in [0, 0.1) is 41.9 Å². The van der Waals surface area contributed by atoms with Gasteiger partial charge in [0.1, 0.15) is 22.9 Å². The van der Waals surface area contributed by atoms with Gasteiger partial charge in [-0.05, 0) is 68.2 Å². The first kappa shape index (κ1) is 29.9. The minimum atomic E-state index is -5.25. The molecule has 216 valence electrons. The Kier molecular flexibility index (Phi) is 9.10. The summed E-state index contributed by atoms with van der Waals surface area (Å²) in [4.78, 5) is 0. The minimum Gasteiger partial charge on any atom is -0.453 e. The Bertz CT molecular complexity index is 1330. The monoisotopic (exact) mass is 570 g/mol. The maximum absolute atomic E-state index is 15.5. The lowest BCUT2D eigenvalue weighted by atomic mass is 9.76. The van der Waals surface area contributed by atoms with Crippen molar-refractivity contribution in [2.75, 3.05) is 0 Å². The summed E-state index contributed by atoms with van der Waals surface area (Å²) in [5.41, 5.74) is -3.22. The van der Waals surface area contributed by atoms with Gasteiger partial charge in [0.15, 0.2) is 23.2 Å². The van der Waals surface area contributed by atoms with Crippen LogP contribution in [0.2, 0.25) is 0 Å². The molecule has 1 saturated carbocycles. The number of rotatable bonds is 8. The van der Waals surface area contributed by atoms with Crippen LogP contribution in [-0.4, -0.2) is 0 Å². The Labute approximate surface area is 228 Å². The smallest absolute Gasteiger partial charge is 0.422 e. The Balaban J connectivity index is 1.72. The molecule has 1 nitrogen and oxygen atoms in total. The molecule has 0 amide bonds. The van der Waals surface area contributed by atoms with Crippen LogP contribution in [0.5, 0.6) is 11.5 Å². The number of benzene rings is 3. The Hall–Kier alpha value is -3.10. The highest BCUT2D eigenvalue weighted by Gasteiger charge is 2.38. The fourth-order valence-corrected chi connectivity index (χ4v) is 5.56. The van der Waals surface area contributed by atoms with E-state index in [0.717, 1.165) is 45.4 Å². The third-order valence-electron chi connectivity index (χ3n) is 7.74. The van der Waals surface area contributed by atoms with Crippen molar-refractivity contribution in [3.63, 3.8) is 0 Å². The van der Waals surface area contributed by atoms with Crippen LogP contribution in [0.25, 0.3) is 11.1 Å². The average Bonchev–Trinajstić information content (AvgIpc) is 2.90. The molecule has 1 aliphatic rings. The standard InChI is InChI=1S/C31H30F8O/c1-3-4-5-8-18-11-13-19(14-12-18)25-29(36)27(34)17(2)28(35)30(25)40-24-10-7-6-9-21(24)20-15-22(32)26(23(33)16-20)31(37,38)39/h6-7,9-10,15-16,18-19H,3-5,8,11-14H2,1-2H3/t18-,19-. The SMILES string of the molecule is CCCCC[C@H]1CC[C@H](c2c(F)c(F)c(C)c(F)c2Oc2ccccc2-c2cc(F)c(C(F)(F)F)c(F)c2)CC1. The molecule has 4 rings (SSSR count). The number of unbranched alkanes of at least 4 members (excludes halogenated alkanes) is 2. The van der Waals surface area contributed by atoms with Crippen molar-refractivity contribution < 1.29 is 39.9 Å². The molecule has 0 bridgehead atoms. The first-order valence-electron chi connectivity index (χ1n) is 13.4. The highest BCUT2D eigenvalue weighted by Crippen LogP contribution is 2.47. The molecule has 0 unspecified atom stereocenters. The fourth-order valence-electron chi connectivity index (χ4n) is 5.56. The molecule has 1 fully saturated rings. The van der Waals surface area contributed by atoms with Gasteiger partial charge < -0.3 is 4.74 Å².